The summed E-state index contributed by atoms with van der Waals surface area (Å²) >= 11 is 0. The van der Waals surface area contributed by atoms with Crippen molar-refractivity contribution >= 4 is 98.8 Å². The molecule has 0 aromatic heterocycles. The van der Waals surface area contributed by atoms with E-state index in [0.717, 1.165) is 45.3 Å². The molecule has 0 radical (unpaired) electrons. The second-order valence-electron chi connectivity index (χ2n) is 16.1. The summed E-state index contributed by atoms with van der Waals surface area (Å²) in [5.74, 6) is 0. The topological polar surface area (TPSA) is 6.48 Å². The van der Waals surface area contributed by atoms with Crippen LogP contribution in [0.5, 0.6) is 0 Å². The van der Waals surface area contributed by atoms with E-state index in [4.69, 9.17) is 0 Å². The van der Waals surface area contributed by atoms with E-state index in [1.807, 2.05) is 0 Å². The first kappa shape index (κ1) is 35.7. The molecule has 0 saturated carbocycles. The lowest BCUT2D eigenvalue weighted by atomic mass is 9.95. The Hall–Kier alpha value is -8.20. The molecule has 2 nitrogen and oxygen atoms in total. The number of hydrogen-bond donors (Lipinski definition) is 0. The summed E-state index contributed by atoms with van der Waals surface area (Å²) < 4.78 is 0. The van der Waals surface area contributed by atoms with Crippen molar-refractivity contribution in [2.24, 2.45) is 0 Å². The van der Waals surface area contributed by atoms with Crippen LogP contribution in [0.3, 0.4) is 0 Å². The van der Waals surface area contributed by atoms with E-state index in [2.05, 4.69) is 252 Å². The van der Waals surface area contributed by atoms with E-state index in [0.29, 0.717) is 0 Å². The normalized spacial score (nSPS) is 11.5. The van der Waals surface area contributed by atoms with Gasteiger partial charge in [-0.15, -0.1) is 0 Å². The maximum Gasteiger partial charge on any atom is 0.0546 e. The molecule has 0 spiro atoms. The van der Waals surface area contributed by atoms with Crippen molar-refractivity contribution in [3.05, 3.63) is 243 Å². The molecule has 0 aliphatic heterocycles. The standard InChI is InChI=1S/C60H40N2/c1-3-17-45(18-4-1)61(59-39-57-49-21-9-7-15-43(49)31-37-53(57)51-23-11-13-25-55(51)59)47-33-27-41(28-34-47)42-29-35-48(36-30-42)62(46-19-5-2-6-20-46)60-40-58-50-22-10-8-16-44(50)32-38-54(58)52-24-12-14-26-56(52)60/h1-40H. The number of benzene rings is 12. The van der Waals surface area contributed by atoms with Crippen molar-refractivity contribution in [1.82, 2.24) is 0 Å². The molecule has 0 atom stereocenters. The van der Waals surface area contributed by atoms with Crippen molar-refractivity contribution < 1.29 is 0 Å². The molecule has 0 saturated heterocycles. The third-order valence-corrected chi connectivity index (χ3v) is 12.6. The highest BCUT2D eigenvalue weighted by molar-refractivity contribution is 6.23. The number of rotatable bonds is 7. The van der Waals surface area contributed by atoms with Gasteiger partial charge in [0.15, 0.2) is 0 Å². The van der Waals surface area contributed by atoms with Crippen LogP contribution < -0.4 is 9.80 Å². The molecular weight excluding hydrogens is 749 g/mol. The van der Waals surface area contributed by atoms with Gasteiger partial charge >= 0.3 is 0 Å². The van der Waals surface area contributed by atoms with Crippen LogP contribution in [-0.4, -0.2) is 0 Å². The van der Waals surface area contributed by atoms with E-state index >= 15 is 0 Å². The minimum atomic E-state index is 1.10. The highest BCUT2D eigenvalue weighted by atomic mass is 15.1. The fraction of sp³-hybridized carbons (Fsp3) is 0. The zero-order chi connectivity index (χ0) is 41.0. The van der Waals surface area contributed by atoms with E-state index in [1.54, 1.807) is 0 Å². The zero-order valence-electron chi connectivity index (χ0n) is 34.0. The van der Waals surface area contributed by atoms with Crippen molar-refractivity contribution in [3.63, 3.8) is 0 Å². The maximum atomic E-state index is 2.41. The second-order valence-corrected chi connectivity index (χ2v) is 16.1. The van der Waals surface area contributed by atoms with E-state index < -0.39 is 0 Å². The molecule has 2 heteroatoms. The summed E-state index contributed by atoms with van der Waals surface area (Å²) in [6.45, 7) is 0. The van der Waals surface area contributed by atoms with Gasteiger partial charge in [-0.05, 0) is 126 Å². The van der Waals surface area contributed by atoms with Gasteiger partial charge in [0.25, 0.3) is 0 Å². The third kappa shape index (κ3) is 5.96. The summed E-state index contributed by atoms with van der Waals surface area (Å²) in [6.07, 6.45) is 0. The summed E-state index contributed by atoms with van der Waals surface area (Å²) in [5.41, 5.74) is 9.08. The Bertz CT molecular complexity index is 3370. The van der Waals surface area contributed by atoms with Crippen LogP contribution >= 0.6 is 0 Å². The monoisotopic (exact) mass is 788 g/mol. The molecule has 62 heavy (non-hydrogen) atoms. The molecular formula is C60H40N2. The first-order valence-corrected chi connectivity index (χ1v) is 21.3. The molecule has 0 bridgehead atoms. The molecule has 0 N–H and O–H groups in total. The van der Waals surface area contributed by atoms with Gasteiger partial charge in [-0.1, -0.05) is 182 Å². The van der Waals surface area contributed by atoms with Gasteiger partial charge < -0.3 is 9.80 Å². The highest BCUT2D eigenvalue weighted by Crippen LogP contribution is 2.46. The number of nitrogens with zero attached hydrogens (tertiary/aromatic N) is 2. The van der Waals surface area contributed by atoms with Crippen LogP contribution in [0.1, 0.15) is 0 Å². The van der Waals surface area contributed by atoms with Crippen LogP contribution in [0.4, 0.5) is 34.1 Å². The van der Waals surface area contributed by atoms with Crippen LogP contribution in [0, 0.1) is 0 Å². The van der Waals surface area contributed by atoms with Gasteiger partial charge in [0.1, 0.15) is 0 Å². The molecule has 0 amide bonds. The lowest BCUT2D eigenvalue weighted by Gasteiger charge is -2.28. The lowest BCUT2D eigenvalue weighted by Crippen LogP contribution is -2.11. The maximum absolute atomic E-state index is 2.41. The highest BCUT2D eigenvalue weighted by Gasteiger charge is 2.20. The summed E-state index contributed by atoms with van der Waals surface area (Å²) in [7, 11) is 0. The molecule has 12 aromatic carbocycles. The third-order valence-electron chi connectivity index (χ3n) is 12.6. The van der Waals surface area contributed by atoms with Crippen LogP contribution in [0.2, 0.25) is 0 Å². The quantitative estimate of drug-likeness (QED) is 0.148. The number of anilines is 6. The van der Waals surface area contributed by atoms with Gasteiger partial charge in [0.05, 0.1) is 11.4 Å². The van der Waals surface area contributed by atoms with Crippen molar-refractivity contribution in [2.75, 3.05) is 9.80 Å². The zero-order valence-corrected chi connectivity index (χ0v) is 34.0. The van der Waals surface area contributed by atoms with Gasteiger partial charge in [-0.3, -0.25) is 0 Å². The average molecular weight is 789 g/mol. The lowest BCUT2D eigenvalue weighted by molar-refractivity contribution is 1.30. The van der Waals surface area contributed by atoms with Gasteiger partial charge in [0, 0.05) is 33.5 Å². The molecule has 0 unspecified atom stereocenters. The Labute approximate surface area is 360 Å². The predicted molar refractivity (Wildman–Crippen MR) is 266 cm³/mol. The van der Waals surface area contributed by atoms with Gasteiger partial charge in [-0.2, -0.15) is 0 Å². The van der Waals surface area contributed by atoms with Crippen molar-refractivity contribution in [1.29, 1.82) is 0 Å². The fourth-order valence-electron chi connectivity index (χ4n) is 9.67. The minimum Gasteiger partial charge on any atom is -0.310 e. The van der Waals surface area contributed by atoms with Gasteiger partial charge in [-0.25, -0.2) is 0 Å². The average Bonchev–Trinajstić information content (AvgIpc) is 3.35. The van der Waals surface area contributed by atoms with E-state index in [1.165, 1.54) is 64.6 Å². The number of para-hydroxylation sites is 2. The number of fused-ring (bicyclic) bond motifs is 10. The molecule has 0 fully saturated rings. The Balaban J connectivity index is 0.965. The largest absolute Gasteiger partial charge is 0.310 e. The summed E-state index contributed by atoms with van der Waals surface area (Å²) in [5, 5.41) is 15.0. The van der Waals surface area contributed by atoms with Gasteiger partial charge in [0.2, 0.25) is 0 Å². The molecule has 12 rings (SSSR count). The number of hydrogen-bond acceptors (Lipinski definition) is 2. The Kier molecular flexibility index (Phi) is 8.53. The van der Waals surface area contributed by atoms with Crippen LogP contribution in [0.25, 0.3) is 75.8 Å². The SMILES string of the molecule is c1ccc(N(c2ccc(-c3ccc(N(c4ccccc4)c4cc5c6ccccc6ccc5c5ccccc45)cc3)cc2)c2cc3c4ccccc4ccc3c3ccccc23)cc1. The Morgan fingerprint density at radius 3 is 0.903 bits per heavy atom. The molecule has 290 valence electrons. The summed E-state index contributed by atoms with van der Waals surface area (Å²) in [4.78, 5) is 4.82. The van der Waals surface area contributed by atoms with Crippen LogP contribution in [-0.2, 0) is 0 Å². The van der Waals surface area contributed by atoms with Crippen molar-refractivity contribution in [3.8, 4) is 11.1 Å². The summed E-state index contributed by atoms with van der Waals surface area (Å²) in [6, 6.07) is 88.5. The molecule has 0 heterocycles. The van der Waals surface area contributed by atoms with Crippen LogP contribution in [0.15, 0.2) is 243 Å². The first-order chi connectivity index (χ1) is 30.8. The molecule has 0 aliphatic carbocycles. The molecule has 0 aliphatic rings. The Morgan fingerprint density at radius 2 is 0.500 bits per heavy atom. The van der Waals surface area contributed by atoms with Crippen molar-refractivity contribution in [2.45, 2.75) is 0 Å². The van der Waals surface area contributed by atoms with E-state index in [-0.39, 0.29) is 0 Å². The predicted octanol–water partition coefficient (Wildman–Crippen LogP) is 17.2. The fourth-order valence-corrected chi connectivity index (χ4v) is 9.67. The minimum absolute atomic E-state index is 1.10. The second kappa shape index (κ2) is 14.8. The smallest absolute Gasteiger partial charge is 0.0546 e. The Morgan fingerprint density at radius 1 is 0.194 bits per heavy atom. The molecule has 12 aromatic rings. The first-order valence-electron chi connectivity index (χ1n) is 21.3. The van der Waals surface area contributed by atoms with E-state index in [9.17, 15) is 0 Å².